The normalized spacial score (nSPS) is 11.6. The zero-order valence-corrected chi connectivity index (χ0v) is 41.9. The molecule has 0 aliphatic carbocycles. The maximum Gasteiger partial charge on any atom is 0.320 e. The molecule has 2 amide bonds. The molecule has 0 bridgehead atoms. The third-order valence-corrected chi connectivity index (χ3v) is 9.13. The van der Waals surface area contributed by atoms with Crippen LogP contribution >= 0.6 is 0 Å². The summed E-state index contributed by atoms with van der Waals surface area (Å²) in [6, 6.07) is 4.53. The molecule has 2 rings (SSSR count). The van der Waals surface area contributed by atoms with Gasteiger partial charge in [0.25, 0.3) is 5.91 Å². The van der Waals surface area contributed by atoms with E-state index in [-0.39, 0.29) is 51.5 Å². The molecule has 1 heterocycles. The number of amides is 2. The van der Waals surface area contributed by atoms with Gasteiger partial charge in [0.1, 0.15) is 12.4 Å². The Hall–Kier alpha value is -5.10. The average Bonchev–Trinajstić information content (AvgIpc) is 3.29. The van der Waals surface area contributed by atoms with E-state index in [9.17, 15) is 33.9 Å². The zero-order chi connectivity index (χ0) is 50.6. The van der Waals surface area contributed by atoms with Gasteiger partial charge in [0.05, 0.1) is 6.54 Å². The summed E-state index contributed by atoms with van der Waals surface area (Å²) < 4.78 is 0. The predicted octanol–water partition coefficient (Wildman–Crippen LogP) is 8.03. The van der Waals surface area contributed by atoms with E-state index in [0.29, 0.717) is 62.7 Å². The summed E-state index contributed by atoms with van der Waals surface area (Å²) in [6.45, 7) is 26.4. The first-order valence-electron chi connectivity index (χ1n) is 23.6. The maximum atomic E-state index is 12.7. The van der Waals surface area contributed by atoms with E-state index in [0.717, 1.165) is 24.3 Å². The van der Waals surface area contributed by atoms with Gasteiger partial charge in [0.15, 0.2) is 5.84 Å². The molecule has 1 aliphatic rings. The minimum Gasteiger partial charge on any atom is -0.481 e. The highest BCUT2D eigenvalue weighted by Gasteiger charge is 2.26. The highest BCUT2D eigenvalue weighted by molar-refractivity contribution is 6.03. The van der Waals surface area contributed by atoms with Gasteiger partial charge in [0.2, 0.25) is 5.91 Å². The van der Waals surface area contributed by atoms with Gasteiger partial charge in [-0.1, -0.05) is 116 Å². The number of rotatable bonds is 27. The van der Waals surface area contributed by atoms with E-state index in [2.05, 4.69) is 52.5 Å². The van der Waals surface area contributed by atoms with Crippen molar-refractivity contribution in [3.8, 4) is 0 Å². The lowest BCUT2D eigenvalue weighted by molar-refractivity contribution is -0.144. The minimum atomic E-state index is -1.01. The van der Waals surface area contributed by atoms with Crippen molar-refractivity contribution in [3.63, 3.8) is 0 Å². The number of hydrazone groups is 2. The Bertz CT molecular complexity index is 1480. The molecule has 1 aromatic rings. The molecule has 0 aromatic heterocycles. The van der Waals surface area contributed by atoms with Crippen molar-refractivity contribution in [2.75, 3.05) is 45.8 Å². The number of carbonyl (C=O) groups is 6. The van der Waals surface area contributed by atoms with E-state index in [1.807, 2.05) is 59.4 Å². The quantitative estimate of drug-likeness (QED) is 0.0388. The lowest BCUT2D eigenvalue weighted by Gasteiger charge is -2.31. The third kappa shape index (κ3) is 40.4. The first-order valence-corrected chi connectivity index (χ1v) is 23.6. The number of carboxylic acid groups (broad SMARTS) is 4. The number of hydrogen-bond acceptors (Lipinski definition) is 12. The molecule has 8 N–H and O–H groups in total. The molecule has 384 valence electrons. The number of nitrogens with zero attached hydrogens (tertiary/aromatic N) is 4. The van der Waals surface area contributed by atoms with E-state index in [1.165, 1.54) is 38.4 Å². The Kier molecular flexibility index (Phi) is 50.7. The molecule has 0 saturated carbocycles. The van der Waals surface area contributed by atoms with Crippen LogP contribution in [0.4, 0.5) is 0 Å². The number of amidine groups is 1. The number of carboxylic acids is 4. The summed E-state index contributed by atoms with van der Waals surface area (Å²) in [5.74, 6) is -2.47. The highest BCUT2D eigenvalue weighted by Crippen LogP contribution is 2.13. The molecule has 0 saturated heterocycles. The molecule has 1 aromatic carbocycles. The Morgan fingerprint density at radius 1 is 0.712 bits per heavy atom. The molecular formula is C48H92N8O10. The van der Waals surface area contributed by atoms with Crippen LogP contribution in [0.5, 0.6) is 0 Å². The fourth-order valence-corrected chi connectivity index (χ4v) is 5.56. The van der Waals surface area contributed by atoms with Crippen LogP contribution in [-0.4, -0.2) is 130 Å². The van der Waals surface area contributed by atoms with Gasteiger partial charge in [0, 0.05) is 56.6 Å². The van der Waals surface area contributed by atoms with Gasteiger partial charge < -0.3 is 31.1 Å². The molecule has 18 nitrogen and oxygen atoms in total. The monoisotopic (exact) mass is 941 g/mol. The lowest BCUT2D eigenvalue weighted by atomic mass is 10.0. The molecule has 0 radical (unpaired) electrons. The van der Waals surface area contributed by atoms with E-state index >= 15 is 0 Å². The van der Waals surface area contributed by atoms with E-state index in [1.54, 1.807) is 30.9 Å². The molecule has 1 aliphatic heterocycles. The SMILES string of the molecule is C.CC.CC.CCC(=O)O.CCC(=O)O.CCCCCC(C)CC.CCCN(CCN(CCC)C(CCC(=O)NCCCNC(=O)c1cc(C)cc(C2=NNC=NN2)c1)C(=O)O)CC(=O)O. The smallest absolute Gasteiger partial charge is 0.320 e. The second-order valence-electron chi connectivity index (χ2n) is 14.6. The number of aryl methyl sites for hydroxylation is 1. The van der Waals surface area contributed by atoms with Crippen LogP contribution in [0.2, 0.25) is 0 Å². The third-order valence-electron chi connectivity index (χ3n) is 9.13. The molecule has 66 heavy (non-hydrogen) atoms. The zero-order valence-electron chi connectivity index (χ0n) is 41.9. The van der Waals surface area contributed by atoms with Crippen molar-refractivity contribution in [1.29, 1.82) is 0 Å². The van der Waals surface area contributed by atoms with Crippen LogP contribution < -0.4 is 21.5 Å². The van der Waals surface area contributed by atoms with Gasteiger partial charge in [-0.05, 0) is 75.4 Å². The molecule has 2 atom stereocenters. The lowest BCUT2D eigenvalue weighted by Crippen LogP contribution is -2.46. The molecule has 18 heteroatoms. The van der Waals surface area contributed by atoms with Crippen molar-refractivity contribution < 1.29 is 49.2 Å². The molecular weight excluding hydrogens is 849 g/mol. The summed E-state index contributed by atoms with van der Waals surface area (Å²) >= 11 is 0. The Morgan fingerprint density at radius 2 is 1.29 bits per heavy atom. The number of benzene rings is 1. The Balaban J connectivity index is -0.000000426. The average molecular weight is 941 g/mol. The van der Waals surface area contributed by atoms with Gasteiger partial charge >= 0.3 is 23.9 Å². The summed E-state index contributed by atoms with van der Waals surface area (Å²) in [6.07, 6.45) is 11.1. The second kappa shape index (κ2) is 47.9. The van der Waals surface area contributed by atoms with Crippen molar-refractivity contribution in [2.45, 2.75) is 174 Å². The Labute approximate surface area is 397 Å². The van der Waals surface area contributed by atoms with Crippen LogP contribution in [0.1, 0.15) is 182 Å². The molecule has 0 fully saturated rings. The standard InChI is InChI=1S/C28H44N8O6.C9H20.2C3H6O2.2C2H6.CH4/c1-4-11-35(18-25(38)39)13-14-36(12-5-2)23(28(41)42)7-8-24(37)29-9-6-10-30-27(40)22-16-20(3)15-21(17-22)26-33-31-19-32-34-26;1-4-6-7-8-9(3)5-2;2*1-2-3(4)5;2*1-2;/h15-17,19,23H,4-14,18H2,1-3H3,(H,29,37)(H,30,40)(H,31,32)(H,33,34)(H,38,39)(H,41,42);9H,4-8H2,1-3H3;2*2H2,1H3,(H,4,5);2*1-2H3;1H4. The van der Waals surface area contributed by atoms with E-state index in [4.69, 9.17) is 15.3 Å². The summed E-state index contributed by atoms with van der Waals surface area (Å²) in [7, 11) is 0. The summed E-state index contributed by atoms with van der Waals surface area (Å²) in [4.78, 5) is 70.7. The first-order chi connectivity index (χ1) is 31.0. The number of nitrogens with one attached hydrogen (secondary N) is 4. The van der Waals surface area contributed by atoms with Crippen molar-refractivity contribution in [1.82, 2.24) is 31.3 Å². The van der Waals surface area contributed by atoms with Crippen LogP contribution in [0.3, 0.4) is 0 Å². The van der Waals surface area contributed by atoms with Crippen molar-refractivity contribution in [3.05, 3.63) is 34.9 Å². The predicted molar refractivity (Wildman–Crippen MR) is 268 cm³/mol. The highest BCUT2D eigenvalue weighted by atomic mass is 16.4. The van der Waals surface area contributed by atoms with Gasteiger partial charge in [-0.25, -0.2) is 0 Å². The van der Waals surface area contributed by atoms with Crippen molar-refractivity contribution in [2.24, 2.45) is 16.1 Å². The second-order valence-corrected chi connectivity index (χ2v) is 14.6. The van der Waals surface area contributed by atoms with Gasteiger partial charge in [-0.15, -0.1) is 0 Å². The number of unbranched alkanes of at least 4 members (excludes halogenated alkanes) is 2. The fraction of sp³-hybridized carbons (Fsp3) is 0.708. The van der Waals surface area contributed by atoms with Crippen LogP contribution in [0, 0.1) is 12.8 Å². The summed E-state index contributed by atoms with van der Waals surface area (Å²) in [5.41, 5.74) is 7.52. The molecule has 0 spiro atoms. The van der Waals surface area contributed by atoms with Gasteiger partial charge in [-0.2, -0.15) is 10.2 Å². The minimum absolute atomic E-state index is 0. The summed E-state index contributed by atoms with van der Waals surface area (Å²) in [5, 5.41) is 48.1. The van der Waals surface area contributed by atoms with E-state index < -0.39 is 29.9 Å². The maximum absolute atomic E-state index is 12.7. The van der Waals surface area contributed by atoms with Crippen LogP contribution in [0.25, 0.3) is 0 Å². The Morgan fingerprint density at radius 3 is 1.76 bits per heavy atom. The van der Waals surface area contributed by atoms with Crippen LogP contribution in [0.15, 0.2) is 28.4 Å². The molecule has 2 unspecified atom stereocenters. The largest absolute Gasteiger partial charge is 0.481 e. The van der Waals surface area contributed by atoms with Crippen LogP contribution in [-0.2, 0) is 24.0 Å². The van der Waals surface area contributed by atoms with Crippen molar-refractivity contribution >= 4 is 47.9 Å². The topological polar surface area (TPSA) is 263 Å². The van der Waals surface area contributed by atoms with Gasteiger partial charge in [-0.3, -0.25) is 49.4 Å². The number of carbonyl (C=O) groups excluding carboxylic acids is 2. The number of hydrogen-bond donors (Lipinski definition) is 8. The number of aliphatic carboxylic acids is 4. The fourth-order valence-electron chi connectivity index (χ4n) is 5.56. The first kappa shape index (κ1) is 69.9.